The van der Waals surface area contributed by atoms with Gasteiger partial charge in [0.1, 0.15) is 0 Å². The molecule has 1 aliphatic carbocycles. The van der Waals surface area contributed by atoms with Crippen molar-refractivity contribution in [2.24, 2.45) is 11.3 Å². The maximum atomic E-state index is 11.5. The quantitative estimate of drug-likeness (QED) is 0.453. The van der Waals surface area contributed by atoms with Crippen LogP contribution in [-0.4, -0.2) is 26.9 Å². The van der Waals surface area contributed by atoms with E-state index in [-0.39, 0.29) is 11.0 Å². The zero-order valence-corrected chi connectivity index (χ0v) is 18.8. The van der Waals surface area contributed by atoms with E-state index in [9.17, 15) is 9.90 Å². The van der Waals surface area contributed by atoms with Gasteiger partial charge in [0.15, 0.2) is 0 Å². The number of hydrogen-bond acceptors (Lipinski definition) is 4. The summed E-state index contributed by atoms with van der Waals surface area (Å²) in [6.45, 7) is 7.00. The molecule has 0 saturated heterocycles. The van der Waals surface area contributed by atoms with Crippen LogP contribution in [-0.2, 0) is 0 Å². The van der Waals surface area contributed by atoms with Crippen LogP contribution in [0, 0.1) is 11.3 Å². The highest BCUT2D eigenvalue weighted by Gasteiger charge is 2.34. The second-order valence-electron chi connectivity index (χ2n) is 9.23. The van der Waals surface area contributed by atoms with E-state index in [1.54, 1.807) is 23.9 Å². The maximum Gasteiger partial charge on any atom is 0.335 e. The van der Waals surface area contributed by atoms with Crippen LogP contribution in [0.1, 0.15) is 56.4 Å². The van der Waals surface area contributed by atoms with Gasteiger partial charge in [0.25, 0.3) is 0 Å². The van der Waals surface area contributed by atoms with E-state index in [4.69, 9.17) is 4.98 Å². The fourth-order valence-electron chi connectivity index (χ4n) is 4.99. The Morgan fingerprint density at radius 2 is 1.93 bits per heavy atom. The molecule has 1 unspecified atom stereocenters. The summed E-state index contributed by atoms with van der Waals surface area (Å²) in [5.74, 6) is 0.476. The van der Waals surface area contributed by atoms with Crippen molar-refractivity contribution in [3.05, 3.63) is 48.0 Å². The van der Waals surface area contributed by atoms with Gasteiger partial charge in [0, 0.05) is 16.6 Å². The van der Waals surface area contributed by atoms with Crippen molar-refractivity contribution >= 4 is 40.4 Å². The zero-order valence-electron chi connectivity index (χ0n) is 18.0. The van der Waals surface area contributed by atoms with Crippen LogP contribution >= 0.6 is 11.8 Å². The van der Waals surface area contributed by atoms with Crippen LogP contribution in [0.5, 0.6) is 0 Å². The number of carbonyl (C=O) groups is 1. The molecule has 0 spiro atoms. The minimum atomic E-state index is -0.930. The lowest BCUT2D eigenvalue weighted by Crippen LogP contribution is -2.29. The predicted octanol–water partition coefficient (Wildman–Crippen LogP) is 6.59. The van der Waals surface area contributed by atoms with Crippen LogP contribution in [0.15, 0.2) is 47.4 Å². The zero-order chi connectivity index (χ0) is 21.5. The highest BCUT2D eigenvalue weighted by Crippen LogP contribution is 2.46. The number of carboxylic acids is 1. The Bertz CT molecular complexity index is 1070. The molecular formula is C24H29N3O2S. The average molecular weight is 424 g/mol. The van der Waals surface area contributed by atoms with E-state index < -0.39 is 5.97 Å². The SMILES string of the molecule is CSc1ccc(Nc2nc3cc(C(=O)O)ccc3n2[C@@H]2CC(C)CC(C)(C)C2)cc1. The molecule has 0 bridgehead atoms. The van der Waals surface area contributed by atoms with E-state index in [2.05, 4.69) is 61.2 Å². The molecule has 30 heavy (non-hydrogen) atoms. The van der Waals surface area contributed by atoms with Crippen LogP contribution in [0.25, 0.3) is 11.0 Å². The summed E-state index contributed by atoms with van der Waals surface area (Å²) in [5, 5.41) is 12.9. The number of nitrogens with zero attached hydrogens (tertiary/aromatic N) is 2. The number of imidazole rings is 1. The highest BCUT2D eigenvalue weighted by atomic mass is 32.2. The Hall–Kier alpha value is -2.47. The molecular weight excluding hydrogens is 394 g/mol. The predicted molar refractivity (Wildman–Crippen MR) is 124 cm³/mol. The Morgan fingerprint density at radius 3 is 2.57 bits per heavy atom. The monoisotopic (exact) mass is 423 g/mol. The van der Waals surface area contributed by atoms with Gasteiger partial charge in [-0.15, -0.1) is 11.8 Å². The number of fused-ring (bicyclic) bond motifs is 1. The largest absolute Gasteiger partial charge is 0.478 e. The lowest BCUT2D eigenvalue weighted by Gasteiger charge is -2.40. The lowest BCUT2D eigenvalue weighted by molar-refractivity contribution is 0.0697. The van der Waals surface area contributed by atoms with Crippen molar-refractivity contribution < 1.29 is 9.90 Å². The smallest absolute Gasteiger partial charge is 0.335 e. The minimum Gasteiger partial charge on any atom is -0.478 e. The third-order valence-electron chi connectivity index (χ3n) is 6.01. The number of carboxylic acid groups (broad SMARTS) is 1. The standard InChI is InChI=1S/C24H29N3O2S/c1-15-11-18(14-24(2,3)13-15)27-21-10-5-16(22(28)29)12-20(21)26-23(27)25-17-6-8-19(30-4)9-7-17/h5-10,12,15,18H,11,13-14H2,1-4H3,(H,25,26)(H,28,29)/t15?,18-/m1/s1. The van der Waals surface area contributed by atoms with Gasteiger partial charge in [-0.3, -0.25) is 0 Å². The summed E-state index contributed by atoms with van der Waals surface area (Å²) in [4.78, 5) is 17.5. The van der Waals surface area contributed by atoms with Crippen molar-refractivity contribution in [1.82, 2.24) is 9.55 Å². The van der Waals surface area contributed by atoms with Gasteiger partial charge in [-0.2, -0.15) is 0 Å². The lowest BCUT2D eigenvalue weighted by atomic mass is 9.70. The Kier molecular flexibility index (Phi) is 5.53. The number of anilines is 2. The first-order valence-corrected chi connectivity index (χ1v) is 11.6. The molecule has 2 atom stereocenters. The Labute approximate surface area is 181 Å². The van der Waals surface area contributed by atoms with Crippen LogP contribution in [0.3, 0.4) is 0 Å². The number of thioether (sulfide) groups is 1. The molecule has 0 amide bonds. The van der Waals surface area contributed by atoms with Gasteiger partial charge in [0.05, 0.1) is 16.6 Å². The Balaban J connectivity index is 1.80. The summed E-state index contributed by atoms with van der Waals surface area (Å²) < 4.78 is 2.29. The normalized spacial score (nSPS) is 20.9. The number of hydrogen-bond donors (Lipinski definition) is 2. The van der Waals surface area contributed by atoms with E-state index in [1.165, 1.54) is 11.3 Å². The number of rotatable bonds is 5. The number of aromatic nitrogens is 2. The Morgan fingerprint density at radius 1 is 1.20 bits per heavy atom. The van der Waals surface area contributed by atoms with Crippen molar-refractivity contribution in [3.63, 3.8) is 0 Å². The van der Waals surface area contributed by atoms with Gasteiger partial charge in [-0.1, -0.05) is 20.8 Å². The van der Waals surface area contributed by atoms with Crippen LogP contribution in [0.2, 0.25) is 0 Å². The number of aromatic carboxylic acids is 1. The molecule has 6 heteroatoms. The van der Waals surface area contributed by atoms with Gasteiger partial charge in [-0.05, 0) is 79.3 Å². The van der Waals surface area contributed by atoms with E-state index in [0.29, 0.717) is 17.5 Å². The molecule has 2 aromatic carbocycles. The van der Waals surface area contributed by atoms with E-state index >= 15 is 0 Å². The summed E-state index contributed by atoms with van der Waals surface area (Å²) in [6, 6.07) is 13.9. The molecule has 1 aromatic heterocycles. The summed E-state index contributed by atoms with van der Waals surface area (Å²) >= 11 is 1.71. The topological polar surface area (TPSA) is 67.2 Å². The first-order valence-electron chi connectivity index (χ1n) is 10.4. The molecule has 2 N–H and O–H groups in total. The van der Waals surface area contributed by atoms with Crippen molar-refractivity contribution in [3.8, 4) is 0 Å². The molecule has 0 radical (unpaired) electrons. The first kappa shape index (κ1) is 20.8. The second kappa shape index (κ2) is 7.99. The highest BCUT2D eigenvalue weighted by molar-refractivity contribution is 7.98. The van der Waals surface area contributed by atoms with Crippen molar-refractivity contribution in [1.29, 1.82) is 0 Å². The van der Waals surface area contributed by atoms with Gasteiger partial charge < -0.3 is 15.0 Å². The third-order valence-corrected chi connectivity index (χ3v) is 6.76. The summed E-state index contributed by atoms with van der Waals surface area (Å²) in [6.07, 6.45) is 5.45. The molecule has 1 heterocycles. The molecule has 158 valence electrons. The molecule has 1 fully saturated rings. The fraction of sp³-hybridized carbons (Fsp3) is 0.417. The van der Waals surface area contributed by atoms with E-state index in [0.717, 1.165) is 30.0 Å². The van der Waals surface area contributed by atoms with Gasteiger partial charge in [-0.25, -0.2) is 9.78 Å². The fourth-order valence-corrected chi connectivity index (χ4v) is 5.39. The molecule has 3 aromatic rings. The molecule has 1 saturated carbocycles. The second-order valence-corrected chi connectivity index (χ2v) is 10.1. The molecule has 0 aliphatic heterocycles. The maximum absolute atomic E-state index is 11.5. The first-order chi connectivity index (χ1) is 14.3. The summed E-state index contributed by atoms with van der Waals surface area (Å²) in [7, 11) is 0. The third kappa shape index (κ3) is 4.19. The van der Waals surface area contributed by atoms with Crippen LogP contribution < -0.4 is 5.32 Å². The number of benzene rings is 2. The minimum absolute atomic E-state index is 0.261. The van der Waals surface area contributed by atoms with Gasteiger partial charge >= 0.3 is 5.97 Å². The molecule has 4 rings (SSSR count). The van der Waals surface area contributed by atoms with Crippen molar-refractivity contribution in [2.75, 3.05) is 11.6 Å². The van der Waals surface area contributed by atoms with Crippen LogP contribution in [0.4, 0.5) is 11.6 Å². The molecule has 1 aliphatic rings. The van der Waals surface area contributed by atoms with Crippen molar-refractivity contribution in [2.45, 2.75) is 51.0 Å². The average Bonchev–Trinajstić information content (AvgIpc) is 3.04. The van der Waals surface area contributed by atoms with Gasteiger partial charge in [0.2, 0.25) is 5.95 Å². The number of nitrogens with one attached hydrogen (secondary N) is 1. The molecule has 5 nitrogen and oxygen atoms in total. The van der Waals surface area contributed by atoms with E-state index in [1.807, 2.05) is 6.07 Å². The summed E-state index contributed by atoms with van der Waals surface area (Å²) in [5.41, 5.74) is 3.20.